The number of hydrogen-bond donors (Lipinski definition) is 1. The molecule has 2 aromatic heterocycles. The summed E-state index contributed by atoms with van der Waals surface area (Å²) >= 11 is 0. The van der Waals surface area contributed by atoms with Crippen LogP contribution in [0.1, 0.15) is 16.2 Å². The molecule has 2 heterocycles. The van der Waals surface area contributed by atoms with E-state index >= 15 is 0 Å². The van der Waals surface area contributed by atoms with E-state index in [0.717, 1.165) is 5.69 Å². The molecule has 2 aromatic rings. The number of fused-ring (bicyclic) bond motifs is 1. The molecule has 16 heavy (non-hydrogen) atoms. The van der Waals surface area contributed by atoms with E-state index in [1.165, 1.54) is 7.11 Å². The summed E-state index contributed by atoms with van der Waals surface area (Å²) in [5.41, 5.74) is 8.01. The van der Waals surface area contributed by atoms with Gasteiger partial charge in [0.1, 0.15) is 11.3 Å². The van der Waals surface area contributed by atoms with Crippen molar-refractivity contribution in [3.05, 3.63) is 17.6 Å². The molecule has 0 saturated heterocycles. The number of ether oxygens (including phenoxy) is 1. The van der Waals surface area contributed by atoms with E-state index in [1.807, 2.05) is 6.92 Å². The van der Waals surface area contributed by atoms with Gasteiger partial charge >= 0.3 is 5.97 Å². The van der Waals surface area contributed by atoms with Crippen LogP contribution in [0.5, 0.6) is 0 Å². The van der Waals surface area contributed by atoms with Gasteiger partial charge in [0.05, 0.1) is 12.8 Å². The summed E-state index contributed by atoms with van der Waals surface area (Å²) in [6, 6.07) is 0. The van der Waals surface area contributed by atoms with Gasteiger partial charge in [0, 0.05) is 11.9 Å². The average Bonchev–Trinajstić information content (AvgIpc) is 2.62. The van der Waals surface area contributed by atoms with Gasteiger partial charge < -0.3 is 14.9 Å². The first-order valence-electron chi connectivity index (χ1n) is 4.74. The molecule has 82 valence electrons. The Balaban J connectivity index is 2.88. The standard InChI is InChI=1S/C9H11BN4O2/c1-4-3-12-7(11)6-5(8(15)16-2)13-9(10)14(4)6/h3H,10H2,1-2H3,(H2,11,12). The first-order chi connectivity index (χ1) is 7.56. The third kappa shape index (κ3) is 1.32. The molecule has 7 heteroatoms. The number of aromatic nitrogens is 3. The minimum absolute atomic E-state index is 0.203. The van der Waals surface area contributed by atoms with E-state index in [9.17, 15) is 4.79 Å². The Bertz CT molecular complexity index is 578. The smallest absolute Gasteiger partial charge is 0.359 e. The predicted molar refractivity (Wildman–Crippen MR) is 61.7 cm³/mol. The SMILES string of the molecule is Bc1nc(C(=O)OC)c2c(N)ncc(C)n12. The lowest BCUT2D eigenvalue weighted by Gasteiger charge is -2.04. The second kappa shape index (κ2) is 3.51. The lowest BCUT2D eigenvalue weighted by Crippen LogP contribution is -2.15. The Hall–Kier alpha value is -2.05. The maximum Gasteiger partial charge on any atom is 0.359 e. The molecule has 0 atom stereocenters. The van der Waals surface area contributed by atoms with Crippen molar-refractivity contribution in [3.63, 3.8) is 0 Å². The summed E-state index contributed by atoms with van der Waals surface area (Å²) in [5, 5.41) is 0. The van der Waals surface area contributed by atoms with Crippen LogP contribution in [0.4, 0.5) is 5.82 Å². The number of rotatable bonds is 1. The average molecular weight is 218 g/mol. The van der Waals surface area contributed by atoms with Crippen LogP contribution >= 0.6 is 0 Å². The van der Waals surface area contributed by atoms with E-state index in [4.69, 9.17) is 5.73 Å². The molecule has 0 spiro atoms. The molecule has 0 aliphatic rings. The molecule has 0 aliphatic heterocycles. The normalized spacial score (nSPS) is 10.6. The zero-order valence-electron chi connectivity index (χ0n) is 9.31. The lowest BCUT2D eigenvalue weighted by molar-refractivity contribution is 0.0597. The van der Waals surface area contributed by atoms with Crippen molar-refractivity contribution in [2.45, 2.75) is 6.92 Å². The Morgan fingerprint density at radius 1 is 1.62 bits per heavy atom. The number of methoxy groups -OCH3 is 1. The Kier molecular flexibility index (Phi) is 2.30. The van der Waals surface area contributed by atoms with Crippen LogP contribution in [-0.2, 0) is 4.74 Å². The van der Waals surface area contributed by atoms with Crippen molar-refractivity contribution in [1.82, 2.24) is 14.4 Å². The Morgan fingerprint density at radius 3 is 2.94 bits per heavy atom. The number of imidazole rings is 1. The van der Waals surface area contributed by atoms with Crippen molar-refractivity contribution in [2.24, 2.45) is 0 Å². The molecule has 2 rings (SSSR count). The van der Waals surface area contributed by atoms with Crippen molar-refractivity contribution >= 4 is 30.9 Å². The molecular weight excluding hydrogens is 207 g/mol. The van der Waals surface area contributed by atoms with Gasteiger partial charge in [-0.1, -0.05) is 0 Å². The molecule has 0 bridgehead atoms. The zero-order valence-corrected chi connectivity index (χ0v) is 9.31. The predicted octanol–water partition coefficient (Wildman–Crippen LogP) is -1.34. The molecule has 0 fully saturated rings. The third-order valence-corrected chi connectivity index (χ3v) is 2.41. The molecule has 0 amide bonds. The van der Waals surface area contributed by atoms with Crippen molar-refractivity contribution in [3.8, 4) is 0 Å². The first-order valence-corrected chi connectivity index (χ1v) is 4.74. The molecule has 6 nitrogen and oxygen atoms in total. The van der Waals surface area contributed by atoms with Crippen molar-refractivity contribution in [1.29, 1.82) is 0 Å². The lowest BCUT2D eigenvalue weighted by atomic mass is 10.1. The van der Waals surface area contributed by atoms with Crippen LogP contribution in [0.2, 0.25) is 0 Å². The van der Waals surface area contributed by atoms with E-state index in [2.05, 4.69) is 14.7 Å². The maximum atomic E-state index is 11.5. The van der Waals surface area contributed by atoms with Crippen LogP contribution in [0.25, 0.3) is 5.52 Å². The molecule has 0 aromatic carbocycles. The fourth-order valence-corrected chi connectivity index (χ4v) is 1.72. The van der Waals surface area contributed by atoms with Gasteiger partial charge in [-0.3, -0.25) is 0 Å². The quantitative estimate of drug-likeness (QED) is 0.473. The number of carbonyl (C=O) groups excluding carboxylic acids is 1. The monoisotopic (exact) mass is 218 g/mol. The summed E-state index contributed by atoms with van der Waals surface area (Å²) in [4.78, 5) is 19.7. The number of aryl methyl sites for hydroxylation is 1. The first kappa shape index (κ1) is 10.5. The van der Waals surface area contributed by atoms with E-state index in [1.54, 1.807) is 18.4 Å². The highest BCUT2D eigenvalue weighted by atomic mass is 16.5. The van der Waals surface area contributed by atoms with Gasteiger partial charge in [-0.2, -0.15) is 0 Å². The fourth-order valence-electron chi connectivity index (χ4n) is 1.72. The molecule has 0 unspecified atom stereocenters. The molecule has 2 N–H and O–H groups in total. The van der Waals surface area contributed by atoms with Gasteiger partial charge in [0.25, 0.3) is 0 Å². The molecule has 0 saturated carbocycles. The molecule has 0 radical (unpaired) electrons. The van der Waals surface area contributed by atoms with Crippen LogP contribution in [0, 0.1) is 6.92 Å². The summed E-state index contributed by atoms with van der Waals surface area (Å²) in [5.74, 6) is -0.240. The second-order valence-electron chi connectivity index (χ2n) is 3.47. The number of nitrogen functional groups attached to an aromatic ring is 1. The number of anilines is 1. The summed E-state index contributed by atoms with van der Waals surface area (Å²) in [6.07, 6.45) is 1.64. The van der Waals surface area contributed by atoms with Gasteiger partial charge in [0.15, 0.2) is 13.5 Å². The maximum absolute atomic E-state index is 11.5. The van der Waals surface area contributed by atoms with Crippen LogP contribution in [0.3, 0.4) is 0 Å². The number of hydrogen-bond acceptors (Lipinski definition) is 5. The second-order valence-corrected chi connectivity index (χ2v) is 3.47. The summed E-state index contributed by atoms with van der Waals surface area (Å²) in [7, 11) is 3.11. The highest BCUT2D eigenvalue weighted by Crippen LogP contribution is 2.16. The fraction of sp³-hybridized carbons (Fsp3) is 0.222. The third-order valence-electron chi connectivity index (χ3n) is 2.41. The van der Waals surface area contributed by atoms with E-state index < -0.39 is 5.97 Å². The van der Waals surface area contributed by atoms with Gasteiger partial charge in [0.2, 0.25) is 0 Å². The van der Waals surface area contributed by atoms with Gasteiger partial charge in [-0.05, 0) is 6.92 Å². The van der Waals surface area contributed by atoms with Gasteiger partial charge in [-0.15, -0.1) is 0 Å². The summed E-state index contributed by atoms with van der Waals surface area (Å²) in [6.45, 7) is 1.87. The zero-order chi connectivity index (χ0) is 11.9. The molecular formula is C9H11BN4O2. The largest absolute Gasteiger partial charge is 0.464 e. The van der Waals surface area contributed by atoms with Crippen molar-refractivity contribution in [2.75, 3.05) is 12.8 Å². The minimum atomic E-state index is -0.510. The minimum Gasteiger partial charge on any atom is -0.464 e. The highest BCUT2D eigenvalue weighted by Gasteiger charge is 2.19. The topological polar surface area (TPSA) is 82.5 Å². The number of nitrogens with zero attached hydrogens (tertiary/aromatic N) is 3. The van der Waals surface area contributed by atoms with Gasteiger partial charge in [-0.25, -0.2) is 14.8 Å². The number of esters is 1. The van der Waals surface area contributed by atoms with E-state index in [-0.39, 0.29) is 11.5 Å². The van der Waals surface area contributed by atoms with Crippen molar-refractivity contribution < 1.29 is 9.53 Å². The Labute approximate surface area is 92.9 Å². The van der Waals surface area contributed by atoms with Crippen LogP contribution in [0.15, 0.2) is 6.20 Å². The van der Waals surface area contributed by atoms with Crippen LogP contribution < -0.4 is 11.5 Å². The Morgan fingerprint density at radius 2 is 2.31 bits per heavy atom. The van der Waals surface area contributed by atoms with Crippen LogP contribution in [-0.4, -0.2) is 35.3 Å². The summed E-state index contributed by atoms with van der Waals surface area (Å²) < 4.78 is 6.44. The highest BCUT2D eigenvalue weighted by molar-refractivity contribution is 6.30. The van der Waals surface area contributed by atoms with E-state index in [0.29, 0.717) is 11.2 Å². The number of nitrogens with two attached hydrogens (primary N) is 1. The molecule has 0 aliphatic carbocycles. The number of carbonyl (C=O) groups is 1.